The Bertz CT molecular complexity index is 401. The minimum atomic E-state index is 0. The normalized spacial score (nSPS) is 28.9. The number of aliphatic imine (C=N–C) groups is 1. The van der Waals surface area contributed by atoms with Crippen LogP contribution >= 0.6 is 24.0 Å². The summed E-state index contributed by atoms with van der Waals surface area (Å²) in [5.41, 5.74) is 0. The van der Waals surface area contributed by atoms with Crippen LogP contribution in [0.15, 0.2) is 4.99 Å². The number of nitrogens with one attached hydrogen (secondary N) is 2. The molecular formula is C19H40IN5. The van der Waals surface area contributed by atoms with Crippen molar-refractivity contribution in [3.05, 3.63) is 0 Å². The molecule has 0 radical (unpaired) electrons. The molecule has 2 fully saturated rings. The van der Waals surface area contributed by atoms with Gasteiger partial charge < -0.3 is 10.6 Å². The van der Waals surface area contributed by atoms with E-state index in [1.54, 1.807) is 0 Å². The summed E-state index contributed by atoms with van der Waals surface area (Å²) in [7, 11) is 0. The zero-order valence-electron chi connectivity index (χ0n) is 16.9. The van der Waals surface area contributed by atoms with Crippen LogP contribution < -0.4 is 10.6 Å². The number of guanidine groups is 1. The molecular weight excluding hydrogens is 425 g/mol. The standard InChI is InChI=1S/C19H39N5.HI/c1-6-20-19(21-12-17-10-8-9-11-23(17)7-2)22-18-14-24(15(3)4)13-16(18)5;/h15-18H,6-14H2,1-5H3,(H2,20,21,22);1H. The number of piperidine rings is 1. The average molecular weight is 465 g/mol. The second-order valence-electron chi connectivity index (χ2n) is 7.77. The maximum atomic E-state index is 4.94. The van der Waals surface area contributed by atoms with Crippen molar-refractivity contribution in [2.45, 2.75) is 72.0 Å². The molecule has 5 nitrogen and oxygen atoms in total. The number of hydrogen-bond acceptors (Lipinski definition) is 3. The zero-order chi connectivity index (χ0) is 17.5. The fourth-order valence-electron chi connectivity index (χ4n) is 3.99. The molecule has 2 N–H and O–H groups in total. The zero-order valence-corrected chi connectivity index (χ0v) is 19.3. The molecule has 0 aromatic heterocycles. The summed E-state index contributed by atoms with van der Waals surface area (Å²) >= 11 is 0. The van der Waals surface area contributed by atoms with Gasteiger partial charge in [0.2, 0.25) is 0 Å². The Balaban J connectivity index is 0.00000312. The third kappa shape index (κ3) is 6.86. The topological polar surface area (TPSA) is 42.9 Å². The second-order valence-corrected chi connectivity index (χ2v) is 7.77. The van der Waals surface area contributed by atoms with Gasteiger partial charge in [0.15, 0.2) is 5.96 Å². The van der Waals surface area contributed by atoms with Crippen molar-refractivity contribution >= 4 is 29.9 Å². The molecule has 0 aromatic carbocycles. The number of halogens is 1. The van der Waals surface area contributed by atoms with E-state index in [0.29, 0.717) is 24.0 Å². The number of nitrogens with zero attached hydrogens (tertiary/aromatic N) is 3. The first kappa shape index (κ1) is 23.0. The summed E-state index contributed by atoms with van der Waals surface area (Å²) in [5.74, 6) is 1.67. The van der Waals surface area contributed by atoms with Gasteiger partial charge in [0.1, 0.15) is 0 Å². The summed E-state index contributed by atoms with van der Waals surface area (Å²) in [6.07, 6.45) is 3.98. The summed E-state index contributed by atoms with van der Waals surface area (Å²) in [5, 5.41) is 7.15. The van der Waals surface area contributed by atoms with Gasteiger partial charge in [0.25, 0.3) is 0 Å². The van der Waals surface area contributed by atoms with Crippen LogP contribution in [0.25, 0.3) is 0 Å². The Morgan fingerprint density at radius 2 is 1.96 bits per heavy atom. The monoisotopic (exact) mass is 465 g/mol. The lowest BCUT2D eigenvalue weighted by molar-refractivity contribution is 0.161. The van der Waals surface area contributed by atoms with E-state index in [2.05, 4.69) is 55.1 Å². The molecule has 2 heterocycles. The van der Waals surface area contributed by atoms with E-state index >= 15 is 0 Å². The van der Waals surface area contributed by atoms with Gasteiger partial charge in [-0.25, -0.2) is 0 Å². The van der Waals surface area contributed by atoms with Gasteiger partial charge in [0, 0.05) is 37.8 Å². The Hall–Kier alpha value is -0.0800. The number of rotatable bonds is 6. The largest absolute Gasteiger partial charge is 0.357 e. The molecule has 0 spiro atoms. The Kier molecular flexibility index (Phi) is 10.6. The highest BCUT2D eigenvalue weighted by Gasteiger charge is 2.31. The van der Waals surface area contributed by atoms with Crippen LogP contribution in [0, 0.1) is 5.92 Å². The third-order valence-electron chi connectivity index (χ3n) is 5.65. The quantitative estimate of drug-likeness (QED) is 0.360. The van der Waals surface area contributed by atoms with Gasteiger partial charge in [-0.3, -0.25) is 14.8 Å². The average Bonchev–Trinajstić information content (AvgIpc) is 2.94. The van der Waals surface area contributed by atoms with E-state index < -0.39 is 0 Å². The second kappa shape index (κ2) is 11.6. The van der Waals surface area contributed by atoms with Crippen molar-refractivity contribution in [2.24, 2.45) is 10.9 Å². The fourth-order valence-corrected chi connectivity index (χ4v) is 3.99. The van der Waals surface area contributed by atoms with Gasteiger partial charge >= 0.3 is 0 Å². The van der Waals surface area contributed by atoms with Crippen LogP contribution in [-0.4, -0.2) is 73.2 Å². The van der Waals surface area contributed by atoms with Crippen LogP contribution in [0.5, 0.6) is 0 Å². The summed E-state index contributed by atoms with van der Waals surface area (Å²) < 4.78 is 0. The number of likely N-dealkylation sites (N-methyl/N-ethyl adjacent to an activating group) is 1. The molecule has 25 heavy (non-hydrogen) atoms. The molecule has 0 amide bonds. The van der Waals surface area contributed by atoms with Crippen LogP contribution in [0.1, 0.15) is 53.9 Å². The van der Waals surface area contributed by atoms with E-state index in [9.17, 15) is 0 Å². The van der Waals surface area contributed by atoms with Crippen molar-refractivity contribution < 1.29 is 0 Å². The SMILES string of the molecule is CCNC(=NCC1CCCCN1CC)NC1CN(C(C)C)CC1C.I. The molecule has 0 saturated carbocycles. The first-order chi connectivity index (χ1) is 11.5. The lowest BCUT2D eigenvalue weighted by Crippen LogP contribution is -2.48. The van der Waals surface area contributed by atoms with E-state index in [1.807, 2.05) is 0 Å². The molecule has 2 rings (SSSR count). The number of likely N-dealkylation sites (tertiary alicyclic amines) is 2. The molecule has 6 heteroatoms. The molecule has 2 aliphatic heterocycles. The van der Waals surface area contributed by atoms with Gasteiger partial charge in [-0.05, 0) is 52.6 Å². The lowest BCUT2D eigenvalue weighted by Gasteiger charge is -2.34. The van der Waals surface area contributed by atoms with Crippen LogP contribution in [0.2, 0.25) is 0 Å². The highest BCUT2D eigenvalue weighted by Crippen LogP contribution is 2.19. The minimum Gasteiger partial charge on any atom is -0.357 e. The molecule has 0 bridgehead atoms. The molecule has 2 aliphatic rings. The molecule has 0 aliphatic carbocycles. The lowest BCUT2D eigenvalue weighted by atomic mass is 10.0. The minimum absolute atomic E-state index is 0. The first-order valence-electron chi connectivity index (χ1n) is 10.1. The van der Waals surface area contributed by atoms with Crippen LogP contribution in [0.3, 0.4) is 0 Å². The Morgan fingerprint density at radius 3 is 2.56 bits per heavy atom. The molecule has 3 atom stereocenters. The maximum absolute atomic E-state index is 4.94. The van der Waals surface area contributed by atoms with Gasteiger partial charge in [-0.1, -0.05) is 20.3 Å². The Labute approximate surface area is 172 Å². The van der Waals surface area contributed by atoms with Crippen molar-refractivity contribution in [3.8, 4) is 0 Å². The smallest absolute Gasteiger partial charge is 0.191 e. The van der Waals surface area contributed by atoms with Gasteiger partial charge in [0.05, 0.1) is 6.54 Å². The molecule has 148 valence electrons. The fraction of sp³-hybridized carbons (Fsp3) is 0.947. The van der Waals surface area contributed by atoms with E-state index in [-0.39, 0.29) is 24.0 Å². The molecule has 3 unspecified atom stereocenters. The predicted molar refractivity (Wildman–Crippen MR) is 119 cm³/mol. The van der Waals surface area contributed by atoms with Crippen molar-refractivity contribution in [1.29, 1.82) is 0 Å². The number of hydrogen-bond donors (Lipinski definition) is 2. The van der Waals surface area contributed by atoms with Crippen LogP contribution in [0.4, 0.5) is 0 Å². The van der Waals surface area contributed by atoms with E-state index in [0.717, 1.165) is 32.1 Å². The maximum Gasteiger partial charge on any atom is 0.191 e. The van der Waals surface area contributed by atoms with Gasteiger partial charge in [-0.2, -0.15) is 0 Å². The summed E-state index contributed by atoms with van der Waals surface area (Å²) in [6, 6.07) is 1.74. The van der Waals surface area contributed by atoms with Crippen LogP contribution in [-0.2, 0) is 0 Å². The summed E-state index contributed by atoms with van der Waals surface area (Å²) in [6.45, 7) is 17.9. The van der Waals surface area contributed by atoms with E-state index in [4.69, 9.17) is 4.99 Å². The highest BCUT2D eigenvalue weighted by atomic mass is 127. The van der Waals surface area contributed by atoms with Crippen molar-refractivity contribution in [3.63, 3.8) is 0 Å². The van der Waals surface area contributed by atoms with Crippen molar-refractivity contribution in [1.82, 2.24) is 20.4 Å². The third-order valence-corrected chi connectivity index (χ3v) is 5.65. The van der Waals surface area contributed by atoms with Crippen molar-refractivity contribution in [2.75, 3.05) is 39.3 Å². The van der Waals surface area contributed by atoms with E-state index in [1.165, 1.54) is 32.4 Å². The first-order valence-corrected chi connectivity index (χ1v) is 10.1. The highest BCUT2D eigenvalue weighted by molar-refractivity contribution is 14.0. The molecule has 0 aromatic rings. The van der Waals surface area contributed by atoms with Gasteiger partial charge in [-0.15, -0.1) is 24.0 Å². The summed E-state index contributed by atoms with van der Waals surface area (Å²) in [4.78, 5) is 10.1. The predicted octanol–water partition coefficient (Wildman–Crippen LogP) is 2.76. The molecule has 2 saturated heterocycles. The Morgan fingerprint density at radius 1 is 1.20 bits per heavy atom.